The van der Waals surface area contributed by atoms with Gasteiger partial charge in [0.25, 0.3) is 0 Å². The molecule has 0 saturated heterocycles. The van der Waals surface area contributed by atoms with E-state index in [1.807, 2.05) is 13.0 Å². The second kappa shape index (κ2) is 5.09. The topological polar surface area (TPSA) is 78.1 Å². The number of nitrogens with two attached hydrogens (primary N) is 3. The first-order valence-corrected chi connectivity index (χ1v) is 3.90. The third kappa shape index (κ3) is 3.34. The summed E-state index contributed by atoms with van der Waals surface area (Å²) in [6.45, 7) is 2.01. The molecule has 0 fully saturated rings. The van der Waals surface area contributed by atoms with Gasteiger partial charge in [0.05, 0.1) is 6.04 Å². The van der Waals surface area contributed by atoms with Crippen LogP contribution in [-0.2, 0) is 0 Å². The summed E-state index contributed by atoms with van der Waals surface area (Å²) in [7, 11) is 0. The average Bonchev–Trinajstić information content (AvgIpc) is 2.02. The van der Waals surface area contributed by atoms with Crippen molar-refractivity contribution in [3.8, 4) is 0 Å². The number of rotatable bonds is 3. The zero-order valence-electron chi connectivity index (χ0n) is 6.62. The summed E-state index contributed by atoms with van der Waals surface area (Å²) in [5.41, 5.74) is 16.7. The summed E-state index contributed by atoms with van der Waals surface area (Å²) in [6, 6.07) is -0.358. The molecule has 0 heterocycles. The van der Waals surface area contributed by atoms with E-state index < -0.39 is 0 Å². The number of thiol groups is 1. The minimum absolute atomic E-state index is 0.358. The standard InChI is InChI=1S/C7H15N3S/c1-2-3-6(11)7(10)5(9)4-8/h3-4,7,11H,2,8-10H2,1H3/b5-4-,6-3-. The molecular formula is C7H15N3S. The van der Waals surface area contributed by atoms with Gasteiger partial charge in [-0.1, -0.05) is 13.0 Å². The summed E-state index contributed by atoms with van der Waals surface area (Å²) in [6.07, 6.45) is 4.10. The summed E-state index contributed by atoms with van der Waals surface area (Å²) >= 11 is 4.16. The SMILES string of the molecule is CC/C=C(\S)C(N)/C(N)=C/N. The molecule has 3 nitrogen and oxygen atoms in total. The van der Waals surface area contributed by atoms with Gasteiger partial charge in [0.15, 0.2) is 0 Å². The molecule has 1 atom stereocenters. The van der Waals surface area contributed by atoms with E-state index in [4.69, 9.17) is 17.2 Å². The van der Waals surface area contributed by atoms with Gasteiger partial charge in [-0.15, -0.1) is 12.6 Å². The molecule has 0 aliphatic rings. The smallest absolute Gasteiger partial charge is 0.0766 e. The highest BCUT2D eigenvalue weighted by Crippen LogP contribution is 2.09. The van der Waals surface area contributed by atoms with Crippen molar-refractivity contribution in [1.82, 2.24) is 0 Å². The number of hydrogen-bond donors (Lipinski definition) is 4. The largest absolute Gasteiger partial charge is 0.403 e. The van der Waals surface area contributed by atoms with Crippen LogP contribution in [0.1, 0.15) is 13.3 Å². The van der Waals surface area contributed by atoms with E-state index in [0.29, 0.717) is 5.70 Å². The first kappa shape index (κ1) is 10.4. The highest BCUT2D eigenvalue weighted by molar-refractivity contribution is 7.84. The minimum Gasteiger partial charge on any atom is -0.403 e. The normalized spacial score (nSPS) is 16.6. The van der Waals surface area contributed by atoms with Crippen molar-refractivity contribution >= 4 is 12.6 Å². The number of hydrogen-bond acceptors (Lipinski definition) is 4. The maximum absolute atomic E-state index is 5.64. The van der Waals surface area contributed by atoms with Gasteiger partial charge in [-0.2, -0.15) is 0 Å². The molecule has 0 bridgehead atoms. The lowest BCUT2D eigenvalue weighted by Gasteiger charge is -2.10. The molecule has 1 unspecified atom stereocenters. The van der Waals surface area contributed by atoms with Gasteiger partial charge >= 0.3 is 0 Å². The van der Waals surface area contributed by atoms with Gasteiger partial charge in [-0.05, 0) is 6.42 Å². The predicted octanol–water partition coefficient (Wildman–Crippen LogP) is 0.296. The van der Waals surface area contributed by atoms with Crippen LogP contribution in [0.3, 0.4) is 0 Å². The molecular weight excluding hydrogens is 158 g/mol. The van der Waals surface area contributed by atoms with Crippen LogP contribution in [0.25, 0.3) is 0 Å². The fraction of sp³-hybridized carbons (Fsp3) is 0.429. The quantitative estimate of drug-likeness (QED) is 0.463. The Balaban J connectivity index is 4.24. The first-order valence-electron chi connectivity index (χ1n) is 3.45. The molecule has 0 aliphatic heterocycles. The van der Waals surface area contributed by atoms with E-state index in [-0.39, 0.29) is 6.04 Å². The summed E-state index contributed by atoms with van der Waals surface area (Å²) in [5, 5.41) is 0. The Bertz CT molecular complexity index is 175. The van der Waals surface area contributed by atoms with Crippen LogP contribution in [0.4, 0.5) is 0 Å². The van der Waals surface area contributed by atoms with Crippen LogP contribution in [0.2, 0.25) is 0 Å². The molecule has 11 heavy (non-hydrogen) atoms. The zero-order chi connectivity index (χ0) is 8.85. The van der Waals surface area contributed by atoms with Crippen molar-refractivity contribution in [2.24, 2.45) is 17.2 Å². The van der Waals surface area contributed by atoms with Gasteiger partial charge in [-0.3, -0.25) is 0 Å². The van der Waals surface area contributed by atoms with Crippen molar-refractivity contribution < 1.29 is 0 Å². The van der Waals surface area contributed by atoms with Gasteiger partial charge in [0, 0.05) is 16.8 Å². The van der Waals surface area contributed by atoms with Gasteiger partial charge in [-0.25, -0.2) is 0 Å². The summed E-state index contributed by atoms with van der Waals surface area (Å²) in [4.78, 5) is 0.756. The minimum atomic E-state index is -0.358. The molecule has 64 valence electrons. The monoisotopic (exact) mass is 173 g/mol. The van der Waals surface area contributed by atoms with Crippen molar-refractivity contribution in [3.63, 3.8) is 0 Å². The van der Waals surface area contributed by atoms with Gasteiger partial charge in [0.1, 0.15) is 0 Å². The van der Waals surface area contributed by atoms with Crippen molar-refractivity contribution in [2.45, 2.75) is 19.4 Å². The van der Waals surface area contributed by atoms with Crippen LogP contribution in [-0.4, -0.2) is 6.04 Å². The Morgan fingerprint density at radius 3 is 2.55 bits per heavy atom. The van der Waals surface area contributed by atoms with E-state index in [1.165, 1.54) is 6.20 Å². The maximum Gasteiger partial charge on any atom is 0.0766 e. The fourth-order valence-electron chi connectivity index (χ4n) is 0.611. The molecule has 6 N–H and O–H groups in total. The molecule has 0 rings (SSSR count). The molecule has 0 saturated carbocycles. The lowest BCUT2D eigenvalue weighted by molar-refractivity contribution is 0.905. The second-order valence-corrected chi connectivity index (χ2v) is 2.70. The predicted molar refractivity (Wildman–Crippen MR) is 51.8 cm³/mol. The maximum atomic E-state index is 5.64. The number of allylic oxidation sites excluding steroid dienone is 1. The van der Waals surface area contributed by atoms with Crippen LogP contribution in [0.15, 0.2) is 22.9 Å². The lowest BCUT2D eigenvalue weighted by Crippen LogP contribution is -2.28. The van der Waals surface area contributed by atoms with Crippen molar-refractivity contribution in [1.29, 1.82) is 0 Å². The molecule has 4 heteroatoms. The molecule has 0 amide bonds. The highest BCUT2D eigenvalue weighted by Gasteiger charge is 2.06. The zero-order valence-corrected chi connectivity index (χ0v) is 7.51. The molecule has 0 aliphatic carbocycles. The van der Waals surface area contributed by atoms with Crippen molar-refractivity contribution in [2.75, 3.05) is 0 Å². The third-order valence-electron chi connectivity index (χ3n) is 1.28. The lowest BCUT2D eigenvalue weighted by atomic mass is 10.2. The average molecular weight is 173 g/mol. The Morgan fingerprint density at radius 1 is 1.64 bits per heavy atom. The van der Waals surface area contributed by atoms with Crippen LogP contribution in [0.5, 0.6) is 0 Å². The van der Waals surface area contributed by atoms with Gasteiger partial charge in [0.2, 0.25) is 0 Å². The van der Waals surface area contributed by atoms with Crippen LogP contribution < -0.4 is 17.2 Å². The van der Waals surface area contributed by atoms with E-state index >= 15 is 0 Å². The van der Waals surface area contributed by atoms with E-state index in [0.717, 1.165) is 11.3 Å². The Kier molecular flexibility index (Phi) is 4.81. The Hall–Kier alpha value is -0.610. The highest BCUT2D eigenvalue weighted by atomic mass is 32.1. The van der Waals surface area contributed by atoms with E-state index in [1.54, 1.807) is 0 Å². The Labute approximate surface area is 72.7 Å². The van der Waals surface area contributed by atoms with Crippen LogP contribution in [0, 0.1) is 0 Å². The van der Waals surface area contributed by atoms with Crippen LogP contribution >= 0.6 is 12.6 Å². The summed E-state index contributed by atoms with van der Waals surface area (Å²) < 4.78 is 0. The molecule has 0 spiro atoms. The second-order valence-electron chi connectivity index (χ2n) is 2.18. The Morgan fingerprint density at radius 2 is 2.18 bits per heavy atom. The third-order valence-corrected chi connectivity index (χ3v) is 1.74. The molecule has 0 aromatic carbocycles. The first-order chi connectivity index (χ1) is 5.13. The van der Waals surface area contributed by atoms with E-state index in [9.17, 15) is 0 Å². The molecule has 0 aromatic heterocycles. The van der Waals surface area contributed by atoms with E-state index in [2.05, 4.69) is 12.6 Å². The molecule has 0 radical (unpaired) electrons. The van der Waals surface area contributed by atoms with Gasteiger partial charge < -0.3 is 17.2 Å². The van der Waals surface area contributed by atoms with Crippen molar-refractivity contribution in [3.05, 3.63) is 22.9 Å². The molecule has 0 aromatic rings. The summed E-state index contributed by atoms with van der Waals surface area (Å²) in [5.74, 6) is 0. The fourth-order valence-corrected chi connectivity index (χ4v) is 0.942.